The number of rotatable bonds is 58. The summed E-state index contributed by atoms with van der Waals surface area (Å²) >= 11 is 0.598. The van der Waals surface area contributed by atoms with Crippen molar-refractivity contribution in [2.75, 3.05) is 78.1 Å². The van der Waals surface area contributed by atoms with Gasteiger partial charge in [0.15, 0.2) is 11.9 Å². The minimum Gasteiger partial charge on any atom is -0.508 e. The molecule has 0 spiro atoms. The fourth-order valence-electron chi connectivity index (χ4n) is 11.1. The van der Waals surface area contributed by atoms with Crippen LogP contribution in [-0.2, 0) is 109 Å². The molecule has 32 N–H and O–H groups in total. The quantitative estimate of drug-likeness (QED) is 0.0127. The first-order valence-corrected chi connectivity index (χ1v) is 40.8. The Morgan fingerprint density at radius 3 is 1.30 bits per heavy atom. The molecule has 0 radical (unpaired) electrons. The summed E-state index contributed by atoms with van der Waals surface area (Å²) in [6, 6.07) is -6.80. The fourth-order valence-corrected chi connectivity index (χ4v) is 11.7. The number of aliphatic hydroxyl groups is 4. The van der Waals surface area contributed by atoms with E-state index in [9.17, 15) is 122 Å². The van der Waals surface area contributed by atoms with Gasteiger partial charge in [-0.05, 0) is 87.5 Å². The lowest BCUT2D eigenvalue weighted by atomic mass is 10.0. The van der Waals surface area contributed by atoms with Crippen molar-refractivity contribution in [3.8, 4) is 5.75 Å². The van der Waals surface area contributed by atoms with E-state index >= 15 is 0 Å². The maximum absolute atomic E-state index is 14.4. The third kappa shape index (κ3) is 43.9. The molecular formula is C76H119N23O26S. The second kappa shape index (κ2) is 58.2. The largest absolute Gasteiger partial charge is 0.508 e. The minimum absolute atomic E-state index is 0.00164. The molecule has 0 fully saturated rings. The minimum atomic E-state index is -1.86. The number of hydrogen-bond acceptors (Lipinski definition) is 29. The van der Waals surface area contributed by atoms with Crippen LogP contribution >= 0.6 is 11.8 Å². The number of ether oxygens (including phenoxy) is 1. The lowest BCUT2D eigenvalue weighted by Gasteiger charge is -2.28. The summed E-state index contributed by atoms with van der Waals surface area (Å²) in [6.45, 7) is 2.84. The van der Waals surface area contributed by atoms with Gasteiger partial charge in [-0.1, -0.05) is 81.9 Å². The molecule has 0 bridgehead atoms. The smallest absolute Gasteiger partial charge is 0.325 e. The number of nitrogens with two attached hydrogens (primary N) is 3. The van der Waals surface area contributed by atoms with Crippen molar-refractivity contribution in [3.63, 3.8) is 0 Å². The van der Waals surface area contributed by atoms with Crippen LogP contribution in [0.25, 0.3) is 0 Å². The van der Waals surface area contributed by atoms with E-state index in [0.29, 0.717) is 22.9 Å². The summed E-state index contributed by atoms with van der Waals surface area (Å²) in [7, 11) is 0. The highest BCUT2D eigenvalue weighted by Crippen LogP contribution is 2.15. The molecule has 0 saturated heterocycles. The number of aromatic hydroxyl groups is 1. The Balaban J connectivity index is 2.20. The number of phenolic OH excluding ortho intramolecular Hbond substituents is 1. The number of carbonyl (C=O) groups is 19. The molecule has 2 rings (SSSR count). The molecule has 16 amide bonds. The summed E-state index contributed by atoms with van der Waals surface area (Å²) in [6.07, 6.45) is -2.24. The number of thioether (sulfide) groups is 1. The van der Waals surface area contributed by atoms with Crippen LogP contribution in [0.2, 0.25) is 0 Å². The van der Waals surface area contributed by atoms with Gasteiger partial charge >= 0.3 is 11.9 Å². The van der Waals surface area contributed by atoms with Crippen LogP contribution < -0.4 is 113 Å². The van der Waals surface area contributed by atoms with Gasteiger partial charge in [0.1, 0.15) is 97.4 Å². The Morgan fingerprint density at radius 2 is 0.833 bits per heavy atom. The lowest BCUT2D eigenvalue weighted by molar-refractivity contribution is -0.143. The number of carbonyl (C=O) groups excluding carboxylic acids is 18. The summed E-state index contributed by atoms with van der Waals surface area (Å²) in [5, 5.41) is 117. The number of esters is 1. The number of nitrogens with one attached hydrogen (secondary N) is 20. The van der Waals surface area contributed by atoms with Crippen LogP contribution in [0.4, 0.5) is 0 Å². The zero-order valence-corrected chi connectivity index (χ0v) is 71.5. The van der Waals surface area contributed by atoms with Gasteiger partial charge in [0.05, 0.1) is 46.1 Å². The van der Waals surface area contributed by atoms with Gasteiger partial charge < -0.3 is 148 Å². The van der Waals surface area contributed by atoms with E-state index in [-0.39, 0.29) is 75.5 Å². The Morgan fingerprint density at radius 1 is 0.421 bits per heavy atom. The van der Waals surface area contributed by atoms with Gasteiger partial charge in [-0.25, -0.2) is 0 Å². The molecule has 2 aromatic carbocycles. The summed E-state index contributed by atoms with van der Waals surface area (Å²) in [5.41, 5.74) is 17.2. The number of amides is 16. The van der Waals surface area contributed by atoms with Crippen molar-refractivity contribution in [3.05, 3.63) is 65.7 Å². The molecule has 0 saturated carbocycles. The highest BCUT2D eigenvalue weighted by atomic mass is 32.2. The van der Waals surface area contributed by atoms with E-state index in [1.54, 1.807) is 44.2 Å². The summed E-state index contributed by atoms with van der Waals surface area (Å²) in [4.78, 5) is 251. The zero-order valence-electron chi connectivity index (χ0n) is 70.7. The highest BCUT2D eigenvalue weighted by Gasteiger charge is 2.38. The standard InChI is InChI=1S/C76H119N23O26S/c1-38(2)27-50(93-71(121)53(35-101)96-62(112)40(5)88-57(107)31-84-42(7)104)70(120)92-47(15-11-23-82-75(78)79)67(117)91-48(16-12-24-83-76(80)81)68(118)97-54(36-102)72(122)94-51(28-43-13-9-8-10-14-43)65(115)86-30-56(106)85-33-60(111)126-26-25-125-59(110)32-87-66(116)52(29-44-17-19-45(105)20-18-44)95-73(123)55(37-103)98-74(124)61(39(3)4)99-69(119)49(21-22-58(108)109)90-63(113)41(6)89-64(114)46(77)34-100/h8-10,13-14,17-20,38-41,46-55,61,100-103,105H,11-12,15-16,21-37,77H2,1-7H3,(H,84,104)(H,85,106)(H,86,115)(H,87,116)(H,88,107)(H,89,114)(H,90,113)(H,91,117)(H,92,120)(H,93,121)(H,94,122)(H,95,123)(H,96,112)(H,97,118)(H,98,124)(H,99,119)(H,108,109)(H4,78,79,82)(H4,80,81,83)/t40-,41-,46-,47-,48-,49-,50-,51-,52-,53-,54-,55-,61-/m0/s1. The molecule has 0 aliphatic heterocycles. The van der Waals surface area contributed by atoms with E-state index in [1.807, 2.05) is 0 Å². The first kappa shape index (κ1) is 109. The maximum Gasteiger partial charge on any atom is 0.325 e. The number of carboxylic acids is 1. The molecule has 0 aromatic heterocycles. The number of carboxylic acid groups (broad SMARTS) is 1. The van der Waals surface area contributed by atoms with Crippen LogP contribution in [0.3, 0.4) is 0 Å². The van der Waals surface area contributed by atoms with Crippen LogP contribution in [0.5, 0.6) is 5.75 Å². The van der Waals surface area contributed by atoms with Gasteiger partial charge in [-0.2, -0.15) is 0 Å². The average molecular weight is 1800 g/mol. The predicted octanol–water partition coefficient (Wildman–Crippen LogP) is -11.3. The van der Waals surface area contributed by atoms with Gasteiger partial charge in [0, 0.05) is 45.0 Å². The number of guanidine groups is 2. The monoisotopic (exact) mass is 1800 g/mol. The van der Waals surface area contributed by atoms with Gasteiger partial charge in [-0.15, -0.1) is 0 Å². The van der Waals surface area contributed by atoms with Crippen LogP contribution in [0.1, 0.15) is 105 Å². The molecule has 13 atom stereocenters. The van der Waals surface area contributed by atoms with E-state index in [2.05, 4.69) is 95.7 Å². The molecule has 2 aromatic rings. The topological polar surface area (TPSA) is 797 Å². The molecule has 0 heterocycles. The number of aliphatic hydroxyl groups excluding tert-OH is 4. The molecule has 0 aliphatic rings. The van der Waals surface area contributed by atoms with Crippen LogP contribution in [0.15, 0.2) is 54.6 Å². The SMILES string of the molecule is CC(=O)NCC(=O)N[C@@H](C)C(=O)N[C@@H](CO)C(=O)N[C@@H](CC(C)C)C(=O)N[C@@H](CCCNC(=N)N)C(=O)N[C@@H](CCCNC(=N)N)C(=O)N[C@@H](CO)C(=O)N[C@@H](Cc1ccccc1)C(=O)NCC(=O)NCC(=O)SCCOC(=O)CNC(=O)[C@H](Cc1ccc(O)cc1)NC(=O)[C@H](CO)NC(=O)[C@@H](NC(=O)[C@H](CCC(=O)O)NC(=O)[C@H](C)NC(=O)[C@@H](N)CO)C(C)C. The van der Waals surface area contributed by atoms with Crippen molar-refractivity contribution in [2.24, 2.45) is 29.0 Å². The molecule has 700 valence electrons. The van der Waals surface area contributed by atoms with Crippen molar-refractivity contribution in [1.82, 2.24) is 95.7 Å². The second-order valence-electron chi connectivity index (χ2n) is 29.3. The number of hydrogen-bond donors (Lipinski definition) is 29. The number of benzene rings is 2. The Hall–Kier alpha value is -12.9. The summed E-state index contributed by atoms with van der Waals surface area (Å²) in [5.74, 6) is -20.3. The third-order valence-corrected chi connectivity index (χ3v) is 18.7. The van der Waals surface area contributed by atoms with E-state index in [1.165, 1.54) is 58.9 Å². The number of aliphatic carboxylic acids is 1. The molecule has 0 unspecified atom stereocenters. The first-order valence-electron chi connectivity index (χ1n) is 39.8. The zero-order chi connectivity index (χ0) is 94.9. The predicted molar refractivity (Wildman–Crippen MR) is 448 cm³/mol. The van der Waals surface area contributed by atoms with Crippen LogP contribution in [-0.4, -0.2) is 311 Å². The van der Waals surface area contributed by atoms with Gasteiger partial charge in [0.2, 0.25) is 99.6 Å². The Labute approximate surface area is 728 Å². The molecule has 50 heteroatoms. The second-order valence-corrected chi connectivity index (χ2v) is 30.4. The first-order chi connectivity index (χ1) is 59.4. The summed E-state index contributed by atoms with van der Waals surface area (Å²) < 4.78 is 5.15. The van der Waals surface area contributed by atoms with Crippen LogP contribution in [0, 0.1) is 22.7 Å². The molecule has 126 heavy (non-hydrogen) atoms. The normalized spacial score (nSPS) is 14.0. The van der Waals surface area contributed by atoms with Crippen molar-refractivity contribution in [2.45, 2.75) is 185 Å². The number of phenols is 1. The highest BCUT2D eigenvalue weighted by molar-refractivity contribution is 8.13. The Bertz CT molecular complexity index is 4060. The van der Waals surface area contributed by atoms with E-state index < -0.39 is 280 Å². The van der Waals surface area contributed by atoms with Crippen molar-refractivity contribution < 1.29 is 126 Å². The van der Waals surface area contributed by atoms with E-state index in [0.717, 1.165) is 0 Å². The fraction of sp³-hybridized carbons (Fsp3) is 0.566. The van der Waals surface area contributed by atoms with Gasteiger partial charge in [0.25, 0.3) is 0 Å². The maximum atomic E-state index is 14.4. The molecule has 49 nitrogen and oxygen atoms in total. The molecule has 0 aliphatic carbocycles. The lowest BCUT2D eigenvalue weighted by Crippen LogP contribution is -2.61. The Kier molecular flexibility index (Phi) is 50.4. The van der Waals surface area contributed by atoms with Crippen molar-refractivity contribution >= 4 is 135 Å². The van der Waals surface area contributed by atoms with Crippen molar-refractivity contribution in [1.29, 1.82) is 10.8 Å². The molecular weight excluding hydrogens is 1680 g/mol. The average Bonchev–Trinajstić information content (AvgIpc) is 0.851. The third-order valence-electron chi connectivity index (χ3n) is 17.9. The van der Waals surface area contributed by atoms with Gasteiger partial charge in [-0.3, -0.25) is 102 Å². The van der Waals surface area contributed by atoms with E-state index in [4.69, 9.17) is 32.8 Å².